The van der Waals surface area contributed by atoms with Crippen LogP contribution in [0.2, 0.25) is 0 Å². The van der Waals surface area contributed by atoms with E-state index in [0.29, 0.717) is 5.92 Å². The van der Waals surface area contributed by atoms with Crippen LogP contribution in [0.25, 0.3) is 0 Å². The summed E-state index contributed by atoms with van der Waals surface area (Å²) in [4.78, 5) is 6.59. The predicted molar refractivity (Wildman–Crippen MR) is 67.8 cm³/mol. The molecule has 1 aliphatic heterocycles. The second-order valence-electron chi connectivity index (χ2n) is 5.18. The highest BCUT2D eigenvalue weighted by atomic mass is 16.3. The Kier molecular flexibility index (Phi) is 4.18. The molecule has 0 saturated heterocycles. The number of aliphatic hydroxyl groups is 1. The molecule has 0 bridgehead atoms. The van der Waals surface area contributed by atoms with E-state index in [-0.39, 0.29) is 6.10 Å². The summed E-state index contributed by atoms with van der Waals surface area (Å²) >= 11 is 0. The van der Waals surface area contributed by atoms with Crippen molar-refractivity contribution in [2.45, 2.75) is 38.8 Å². The largest absolute Gasteiger partial charge is 0.392 e. The third-order valence-electron chi connectivity index (χ3n) is 3.60. The number of hydrogen-bond donors (Lipinski definition) is 1. The number of rotatable bonds is 5. The lowest BCUT2D eigenvalue weighted by Gasteiger charge is -2.29. The summed E-state index contributed by atoms with van der Waals surface area (Å²) < 4.78 is 2.26. The first kappa shape index (κ1) is 12.6. The van der Waals surface area contributed by atoms with Crippen LogP contribution < -0.4 is 0 Å². The summed E-state index contributed by atoms with van der Waals surface area (Å²) in [5.41, 5.74) is 0. The van der Waals surface area contributed by atoms with E-state index in [1.807, 2.05) is 13.1 Å². The van der Waals surface area contributed by atoms with Crippen LogP contribution in [-0.2, 0) is 13.0 Å². The lowest BCUT2D eigenvalue weighted by molar-refractivity contribution is 0.109. The van der Waals surface area contributed by atoms with Gasteiger partial charge in [-0.15, -0.1) is 0 Å². The van der Waals surface area contributed by atoms with Crippen molar-refractivity contribution in [1.82, 2.24) is 14.5 Å². The first-order chi connectivity index (χ1) is 8.19. The highest BCUT2D eigenvalue weighted by Crippen LogP contribution is 2.19. The molecule has 1 aliphatic rings. The molecule has 2 heterocycles. The van der Waals surface area contributed by atoms with Crippen molar-refractivity contribution in [3.63, 3.8) is 0 Å². The molecule has 96 valence electrons. The van der Waals surface area contributed by atoms with Crippen molar-refractivity contribution in [3.8, 4) is 0 Å². The number of aromatic nitrogens is 2. The Hall–Kier alpha value is -0.870. The quantitative estimate of drug-likeness (QED) is 0.835. The van der Waals surface area contributed by atoms with Gasteiger partial charge in [0.15, 0.2) is 0 Å². The molecule has 17 heavy (non-hydrogen) atoms. The lowest BCUT2D eigenvalue weighted by Crippen LogP contribution is -2.35. The van der Waals surface area contributed by atoms with Crippen LogP contribution in [0.5, 0.6) is 0 Å². The van der Waals surface area contributed by atoms with Crippen LogP contribution in [0.1, 0.15) is 25.6 Å². The zero-order valence-electron chi connectivity index (χ0n) is 10.8. The summed E-state index contributed by atoms with van der Waals surface area (Å²) in [7, 11) is 2.10. The molecule has 1 aromatic heterocycles. The third-order valence-corrected chi connectivity index (χ3v) is 3.60. The Morgan fingerprint density at radius 3 is 3.24 bits per heavy atom. The molecule has 0 amide bonds. The van der Waals surface area contributed by atoms with E-state index in [1.165, 1.54) is 12.2 Å². The molecule has 1 N–H and O–H groups in total. The summed E-state index contributed by atoms with van der Waals surface area (Å²) in [6, 6.07) is 0. The average Bonchev–Trinajstić information content (AvgIpc) is 2.75. The van der Waals surface area contributed by atoms with Gasteiger partial charge < -0.3 is 14.6 Å². The molecular weight excluding hydrogens is 214 g/mol. The monoisotopic (exact) mass is 237 g/mol. The molecule has 4 heteroatoms. The zero-order chi connectivity index (χ0) is 12.3. The van der Waals surface area contributed by atoms with Crippen molar-refractivity contribution in [3.05, 3.63) is 18.2 Å². The van der Waals surface area contributed by atoms with Gasteiger partial charge in [0.25, 0.3) is 0 Å². The number of aliphatic hydroxyl groups excluding tert-OH is 1. The maximum atomic E-state index is 9.63. The Morgan fingerprint density at radius 1 is 1.65 bits per heavy atom. The van der Waals surface area contributed by atoms with Crippen LogP contribution >= 0.6 is 0 Å². The van der Waals surface area contributed by atoms with E-state index in [4.69, 9.17) is 0 Å². The van der Waals surface area contributed by atoms with Gasteiger partial charge in [-0.25, -0.2) is 4.98 Å². The molecule has 0 saturated carbocycles. The first-order valence-electron chi connectivity index (χ1n) is 6.55. The maximum Gasteiger partial charge on any atom is 0.108 e. The minimum atomic E-state index is -0.188. The van der Waals surface area contributed by atoms with Gasteiger partial charge in [-0.05, 0) is 25.8 Å². The Morgan fingerprint density at radius 2 is 2.47 bits per heavy atom. The van der Waals surface area contributed by atoms with E-state index >= 15 is 0 Å². The Bertz CT molecular complexity index is 350. The van der Waals surface area contributed by atoms with Gasteiger partial charge in [-0.3, -0.25) is 0 Å². The minimum absolute atomic E-state index is 0.188. The van der Waals surface area contributed by atoms with Gasteiger partial charge in [0, 0.05) is 38.4 Å². The molecule has 4 nitrogen and oxygen atoms in total. The van der Waals surface area contributed by atoms with Crippen LogP contribution in [0.4, 0.5) is 0 Å². The molecule has 0 aromatic carbocycles. The number of nitrogens with zero attached hydrogens (tertiary/aromatic N) is 3. The SMILES string of the molecule is CC[C@H](O)CN(C)C[C@H]1CCc2nccn2C1. The van der Waals surface area contributed by atoms with E-state index in [9.17, 15) is 5.11 Å². The van der Waals surface area contributed by atoms with E-state index in [2.05, 4.69) is 27.7 Å². The topological polar surface area (TPSA) is 41.3 Å². The molecule has 1 aromatic rings. The van der Waals surface area contributed by atoms with Crippen molar-refractivity contribution < 1.29 is 5.11 Å². The number of fused-ring (bicyclic) bond motifs is 1. The van der Waals surface area contributed by atoms with Crippen molar-refractivity contribution in [1.29, 1.82) is 0 Å². The average molecular weight is 237 g/mol. The number of imidazole rings is 1. The van der Waals surface area contributed by atoms with Gasteiger partial charge >= 0.3 is 0 Å². The van der Waals surface area contributed by atoms with E-state index < -0.39 is 0 Å². The summed E-state index contributed by atoms with van der Waals surface area (Å²) in [6.45, 7) is 4.94. The molecular formula is C13H23N3O. The van der Waals surface area contributed by atoms with Gasteiger partial charge in [-0.1, -0.05) is 6.92 Å². The number of aryl methyl sites for hydroxylation is 1. The summed E-state index contributed by atoms with van der Waals surface area (Å²) in [6.07, 6.45) is 6.91. The van der Waals surface area contributed by atoms with E-state index in [1.54, 1.807) is 0 Å². The Labute approximate surface area is 103 Å². The fourth-order valence-corrected chi connectivity index (χ4v) is 2.59. The van der Waals surface area contributed by atoms with Gasteiger partial charge in [-0.2, -0.15) is 0 Å². The zero-order valence-corrected chi connectivity index (χ0v) is 10.8. The van der Waals surface area contributed by atoms with Crippen LogP contribution in [-0.4, -0.2) is 45.8 Å². The van der Waals surface area contributed by atoms with Gasteiger partial charge in [0.2, 0.25) is 0 Å². The molecule has 0 unspecified atom stereocenters. The standard InChI is InChI=1S/C13H23N3O/c1-3-12(17)10-15(2)8-11-4-5-13-14-6-7-16(13)9-11/h6-7,11-12,17H,3-5,8-10H2,1-2H3/t11-,12+/m1/s1. The third kappa shape index (κ3) is 3.30. The van der Waals surface area contributed by atoms with Crippen LogP contribution in [0, 0.1) is 5.92 Å². The first-order valence-corrected chi connectivity index (χ1v) is 6.55. The molecule has 0 spiro atoms. The summed E-state index contributed by atoms with van der Waals surface area (Å²) in [5.74, 6) is 1.91. The minimum Gasteiger partial charge on any atom is -0.392 e. The second kappa shape index (κ2) is 5.65. The predicted octanol–water partition coefficient (Wildman–Crippen LogP) is 1.15. The normalized spacial score (nSPS) is 21.5. The molecule has 2 atom stereocenters. The second-order valence-corrected chi connectivity index (χ2v) is 5.18. The maximum absolute atomic E-state index is 9.63. The molecule has 2 rings (SSSR count). The smallest absolute Gasteiger partial charge is 0.108 e. The van der Waals surface area contributed by atoms with E-state index in [0.717, 1.165) is 32.5 Å². The number of likely N-dealkylation sites (N-methyl/N-ethyl adjacent to an activating group) is 1. The molecule has 0 radical (unpaired) electrons. The summed E-state index contributed by atoms with van der Waals surface area (Å²) in [5, 5.41) is 9.63. The molecule has 0 aliphatic carbocycles. The fraction of sp³-hybridized carbons (Fsp3) is 0.769. The Balaban J connectivity index is 1.81. The highest BCUT2D eigenvalue weighted by Gasteiger charge is 2.20. The number of hydrogen-bond acceptors (Lipinski definition) is 3. The highest BCUT2D eigenvalue weighted by molar-refractivity contribution is 4.96. The van der Waals surface area contributed by atoms with Crippen molar-refractivity contribution in [2.24, 2.45) is 5.92 Å². The van der Waals surface area contributed by atoms with Crippen molar-refractivity contribution >= 4 is 0 Å². The van der Waals surface area contributed by atoms with Gasteiger partial charge in [0.1, 0.15) is 5.82 Å². The van der Waals surface area contributed by atoms with Crippen LogP contribution in [0.15, 0.2) is 12.4 Å². The van der Waals surface area contributed by atoms with Crippen molar-refractivity contribution in [2.75, 3.05) is 20.1 Å². The lowest BCUT2D eigenvalue weighted by atomic mass is 9.99. The fourth-order valence-electron chi connectivity index (χ4n) is 2.59. The van der Waals surface area contributed by atoms with Crippen LogP contribution in [0.3, 0.4) is 0 Å². The van der Waals surface area contributed by atoms with Gasteiger partial charge in [0.05, 0.1) is 6.10 Å². The molecule has 0 fully saturated rings.